The van der Waals surface area contributed by atoms with Crippen molar-refractivity contribution in [3.8, 4) is 0 Å². The third kappa shape index (κ3) is 36.3. The summed E-state index contributed by atoms with van der Waals surface area (Å²) in [6.07, 6.45) is 5.02. The van der Waals surface area contributed by atoms with Crippen LogP contribution in [0.2, 0.25) is 0 Å². The highest BCUT2D eigenvalue weighted by Crippen LogP contribution is 1.84. The van der Waals surface area contributed by atoms with E-state index in [1.807, 2.05) is 23.6 Å². The second kappa shape index (κ2) is 15.9. The van der Waals surface area contributed by atoms with Crippen molar-refractivity contribution in [1.29, 1.82) is 0 Å². The van der Waals surface area contributed by atoms with Gasteiger partial charge in [-0.3, -0.25) is 0 Å². The molecule has 0 atom stereocenters. The summed E-state index contributed by atoms with van der Waals surface area (Å²) < 4.78 is 8.35. The van der Waals surface area contributed by atoms with Crippen molar-refractivity contribution < 1.29 is 4.42 Å². The van der Waals surface area contributed by atoms with E-state index in [0.717, 1.165) is 11.8 Å². The zero-order chi connectivity index (χ0) is 14.2. The lowest BCUT2D eigenvalue weighted by Gasteiger charge is -1.79. The minimum Gasteiger partial charge on any atom is -0.473 e. The van der Waals surface area contributed by atoms with Crippen LogP contribution in [0.3, 0.4) is 0 Å². The Morgan fingerprint density at radius 2 is 1.28 bits per heavy atom. The minimum absolute atomic E-state index is 0.833. The van der Waals surface area contributed by atoms with Crippen molar-refractivity contribution in [3.63, 3.8) is 0 Å². The van der Waals surface area contributed by atoms with Crippen molar-refractivity contribution in [2.45, 2.75) is 41.5 Å². The van der Waals surface area contributed by atoms with Crippen molar-refractivity contribution in [2.75, 3.05) is 0 Å². The number of hydrogen-bond acceptors (Lipinski definition) is 3. The molecule has 0 fully saturated rings. The molecule has 0 unspecified atom stereocenters. The molecule has 0 bridgehead atoms. The molecule has 18 heavy (non-hydrogen) atoms. The van der Waals surface area contributed by atoms with Crippen molar-refractivity contribution in [3.05, 3.63) is 42.3 Å². The summed E-state index contributed by atoms with van der Waals surface area (Å²) in [6.45, 7) is 13.0. The average Bonchev–Trinajstić information content (AvgIpc) is 2.96. The lowest BCUT2D eigenvalue weighted by molar-refractivity contribution is 0.567. The van der Waals surface area contributed by atoms with Gasteiger partial charge in [0, 0.05) is 11.6 Å². The van der Waals surface area contributed by atoms with Crippen LogP contribution in [-0.4, -0.2) is 4.37 Å². The van der Waals surface area contributed by atoms with E-state index in [9.17, 15) is 0 Å². The molecule has 2 heterocycles. The maximum absolute atomic E-state index is 4.58. The molecule has 0 aliphatic carbocycles. The van der Waals surface area contributed by atoms with Crippen LogP contribution in [0.4, 0.5) is 0 Å². The topological polar surface area (TPSA) is 26.0 Å². The lowest BCUT2D eigenvalue weighted by atomic mass is 10.3. The molecule has 2 rings (SSSR count). The van der Waals surface area contributed by atoms with Gasteiger partial charge in [0.2, 0.25) is 0 Å². The fourth-order valence-electron chi connectivity index (χ4n) is 0.402. The van der Waals surface area contributed by atoms with Crippen molar-refractivity contribution in [2.24, 2.45) is 11.8 Å². The van der Waals surface area contributed by atoms with Gasteiger partial charge in [0.1, 0.15) is 0 Å². The SMILES string of the molecule is CC(C)C.CC(C)C.c1ccoc1.c1cnsc1. The van der Waals surface area contributed by atoms with E-state index in [2.05, 4.69) is 50.3 Å². The maximum atomic E-state index is 4.58. The first-order chi connectivity index (χ1) is 8.46. The van der Waals surface area contributed by atoms with Crippen molar-refractivity contribution >= 4 is 11.5 Å². The largest absolute Gasteiger partial charge is 0.473 e. The number of aromatic nitrogens is 1. The van der Waals surface area contributed by atoms with E-state index in [1.54, 1.807) is 18.7 Å². The van der Waals surface area contributed by atoms with Crippen LogP contribution >= 0.6 is 11.5 Å². The molecule has 0 N–H and O–H groups in total. The molecule has 2 nitrogen and oxygen atoms in total. The third-order valence-corrected chi connectivity index (χ3v) is 1.29. The summed E-state index contributed by atoms with van der Waals surface area (Å²) >= 11 is 1.46. The number of rotatable bonds is 0. The van der Waals surface area contributed by atoms with Crippen LogP contribution in [0, 0.1) is 11.8 Å². The van der Waals surface area contributed by atoms with E-state index in [1.165, 1.54) is 11.5 Å². The Bertz CT molecular complexity index is 216. The molecule has 0 saturated carbocycles. The van der Waals surface area contributed by atoms with E-state index >= 15 is 0 Å². The first-order valence-electron chi connectivity index (χ1n) is 6.28. The van der Waals surface area contributed by atoms with Crippen LogP contribution in [0.15, 0.2) is 46.7 Å². The Balaban J connectivity index is 0. The Morgan fingerprint density at radius 3 is 1.39 bits per heavy atom. The third-order valence-electron chi connectivity index (χ3n) is 0.773. The Hall–Kier alpha value is -1.09. The van der Waals surface area contributed by atoms with Gasteiger partial charge in [-0.25, -0.2) is 4.37 Å². The van der Waals surface area contributed by atoms with Crippen LogP contribution in [0.1, 0.15) is 41.5 Å². The summed E-state index contributed by atoms with van der Waals surface area (Å²) in [5.41, 5.74) is 0. The molecule has 104 valence electrons. The van der Waals surface area contributed by atoms with Gasteiger partial charge >= 0.3 is 0 Å². The van der Waals surface area contributed by atoms with E-state index < -0.39 is 0 Å². The van der Waals surface area contributed by atoms with Gasteiger partial charge in [0.05, 0.1) is 12.5 Å². The van der Waals surface area contributed by atoms with E-state index in [-0.39, 0.29) is 0 Å². The summed E-state index contributed by atoms with van der Waals surface area (Å²) in [4.78, 5) is 0. The van der Waals surface area contributed by atoms with Gasteiger partial charge in [-0.15, -0.1) is 0 Å². The van der Waals surface area contributed by atoms with Crippen LogP contribution in [-0.2, 0) is 0 Å². The summed E-state index contributed by atoms with van der Waals surface area (Å²) in [6, 6.07) is 5.57. The molecular formula is C15H27NOS. The second-order valence-corrected chi connectivity index (χ2v) is 5.64. The predicted molar refractivity (Wildman–Crippen MR) is 81.8 cm³/mol. The zero-order valence-electron chi connectivity index (χ0n) is 12.5. The standard InChI is InChI=1S/C4H4O.2C4H10.C3H3NS/c1-2-4-5-3-1;2*1-4(2)3;1-2-4-5-3-1/h1-4H;2*4H,1-3H3;1-3H. The molecule has 0 aliphatic rings. The zero-order valence-corrected chi connectivity index (χ0v) is 13.3. The quantitative estimate of drug-likeness (QED) is 0.609. The van der Waals surface area contributed by atoms with Gasteiger partial charge in [0.25, 0.3) is 0 Å². The summed E-state index contributed by atoms with van der Waals surface area (Å²) in [7, 11) is 0. The van der Waals surface area contributed by atoms with Crippen LogP contribution in [0.25, 0.3) is 0 Å². The van der Waals surface area contributed by atoms with Crippen LogP contribution in [0.5, 0.6) is 0 Å². The molecular weight excluding hydrogens is 242 g/mol. The summed E-state index contributed by atoms with van der Waals surface area (Å²) in [5.74, 6) is 1.67. The molecule has 0 aromatic carbocycles. The molecule has 0 radical (unpaired) electrons. The average molecular weight is 269 g/mol. The minimum atomic E-state index is 0.833. The van der Waals surface area contributed by atoms with Gasteiger partial charge in [-0.2, -0.15) is 0 Å². The molecule has 0 aliphatic heterocycles. The van der Waals surface area contributed by atoms with Gasteiger partial charge in [-0.05, 0) is 41.6 Å². The molecule has 0 saturated heterocycles. The van der Waals surface area contributed by atoms with E-state index in [4.69, 9.17) is 0 Å². The maximum Gasteiger partial charge on any atom is 0.0902 e. The first-order valence-corrected chi connectivity index (χ1v) is 7.12. The Morgan fingerprint density at radius 1 is 0.833 bits per heavy atom. The first kappa shape index (κ1) is 19.3. The van der Waals surface area contributed by atoms with E-state index in [0.29, 0.717) is 0 Å². The fourth-order valence-corrected chi connectivity index (χ4v) is 0.754. The highest BCUT2D eigenvalue weighted by atomic mass is 32.1. The van der Waals surface area contributed by atoms with Gasteiger partial charge in [0.15, 0.2) is 0 Å². The fraction of sp³-hybridized carbons (Fsp3) is 0.533. The second-order valence-electron chi connectivity index (χ2n) is 4.95. The number of nitrogens with zero attached hydrogens (tertiary/aromatic N) is 1. The Labute approximate surface area is 116 Å². The number of hydrogen-bond donors (Lipinski definition) is 0. The molecule has 0 amide bonds. The normalized spacial score (nSPS) is 8.44. The highest BCUT2D eigenvalue weighted by Gasteiger charge is 1.68. The lowest BCUT2D eigenvalue weighted by Crippen LogP contribution is -1.66. The van der Waals surface area contributed by atoms with Crippen LogP contribution < -0.4 is 0 Å². The van der Waals surface area contributed by atoms with Crippen molar-refractivity contribution in [1.82, 2.24) is 4.37 Å². The molecule has 2 aromatic heterocycles. The Kier molecular flexibility index (Phi) is 17.0. The monoisotopic (exact) mass is 269 g/mol. The van der Waals surface area contributed by atoms with Gasteiger partial charge in [-0.1, -0.05) is 41.5 Å². The smallest absolute Gasteiger partial charge is 0.0902 e. The van der Waals surface area contributed by atoms with Gasteiger partial charge < -0.3 is 4.42 Å². The highest BCUT2D eigenvalue weighted by molar-refractivity contribution is 7.03. The predicted octanol–water partition coefficient (Wildman–Crippen LogP) is 5.75. The summed E-state index contributed by atoms with van der Waals surface area (Å²) in [5, 5.41) is 1.93. The molecule has 3 heteroatoms. The molecule has 2 aromatic rings. The number of furan rings is 1. The molecule has 0 spiro atoms.